The molecule has 0 aromatic carbocycles. The number of nitrogens with one attached hydrogen (secondary N) is 1. The van der Waals surface area contributed by atoms with E-state index in [1.807, 2.05) is 0 Å². The van der Waals surface area contributed by atoms with E-state index in [-0.39, 0.29) is 5.91 Å². The zero-order valence-corrected chi connectivity index (χ0v) is 7.17. The number of halogens is 1. The molecule has 1 fully saturated rings. The van der Waals surface area contributed by atoms with Crippen molar-refractivity contribution >= 4 is 23.5 Å². The normalized spacial score (nSPS) is 26.1. The van der Waals surface area contributed by atoms with Crippen LogP contribution in [0.15, 0.2) is 0 Å². The van der Waals surface area contributed by atoms with E-state index in [4.69, 9.17) is 16.7 Å². The highest BCUT2D eigenvalue weighted by atomic mass is 35.5. The minimum absolute atomic E-state index is 0.113. The summed E-state index contributed by atoms with van der Waals surface area (Å²) in [6.45, 7) is 0. The molecule has 1 aliphatic rings. The average Bonchev–Trinajstić information content (AvgIpc) is 2.03. The number of piperidine rings is 1. The number of amides is 1. The van der Waals surface area contributed by atoms with Gasteiger partial charge in [0.15, 0.2) is 5.38 Å². The Morgan fingerprint density at radius 3 is 2.92 bits per heavy atom. The van der Waals surface area contributed by atoms with E-state index in [9.17, 15) is 9.59 Å². The molecule has 2 N–H and O–H groups in total. The number of rotatable bonds is 2. The van der Waals surface area contributed by atoms with E-state index in [0.717, 1.165) is 0 Å². The van der Waals surface area contributed by atoms with E-state index < -0.39 is 17.4 Å². The lowest BCUT2D eigenvalue weighted by Gasteiger charge is -2.24. The smallest absolute Gasteiger partial charge is 0.323 e. The van der Waals surface area contributed by atoms with Crippen LogP contribution in [0.1, 0.15) is 19.3 Å². The lowest BCUT2D eigenvalue weighted by Crippen LogP contribution is -2.46. The van der Waals surface area contributed by atoms with Gasteiger partial charge in [-0.2, -0.15) is 0 Å². The van der Waals surface area contributed by atoms with Gasteiger partial charge in [0.05, 0.1) is 6.04 Å². The number of carbonyl (C=O) groups is 2. The monoisotopic (exact) mass is 191 g/mol. The van der Waals surface area contributed by atoms with Crippen molar-refractivity contribution in [1.29, 1.82) is 0 Å². The first-order chi connectivity index (χ1) is 5.61. The second-order valence-corrected chi connectivity index (χ2v) is 3.28. The van der Waals surface area contributed by atoms with E-state index in [1.165, 1.54) is 0 Å². The summed E-state index contributed by atoms with van der Waals surface area (Å²) in [5.74, 6) is -1.19. The summed E-state index contributed by atoms with van der Waals surface area (Å²) in [5, 5.41) is 10.1. The molecule has 0 spiro atoms. The highest BCUT2D eigenvalue weighted by molar-refractivity contribution is 6.30. The molecule has 0 aromatic rings. The van der Waals surface area contributed by atoms with Gasteiger partial charge in [0, 0.05) is 6.42 Å². The lowest BCUT2D eigenvalue weighted by molar-refractivity contribution is -0.137. The van der Waals surface area contributed by atoms with Crippen molar-refractivity contribution in [3.8, 4) is 0 Å². The lowest BCUT2D eigenvalue weighted by atomic mass is 10.0. The van der Waals surface area contributed by atoms with Gasteiger partial charge in [-0.1, -0.05) is 0 Å². The van der Waals surface area contributed by atoms with Crippen molar-refractivity contribution in [2.24, 2.45) is 0 Å². The van der Waals surface area contributed by atoms with Gasteiger partial charge in [-0.3, -0.25) is 9.59 Å². The summed E-state index contributed by atoms with van der Waals surface area (Å²) >= 11 is 5.55. The van der Waals surface area contributed by atoms with Gasteiger partial charge in [0.25, 0.3) is 0 Å². The Bertz CT molecular complexity index is 205. The first-order valence-electron chi connectivity index (χ1n) is 3.77. The minimum atomic E-state index is -1.08. The van der Waals surface area contributed by atoms with Crippen LogP contribution in [-0.4, -0.2) is 28.4 Å². The third-order valence-electron chi connectivity index (χ3n) is 1.85. The van der Waals surface area contributed by atoms with Crippen LogP contribution in [0.4, 0.5) is 0 Å². The van der Waals surface area contributed by atoms with Crippen LogP contribution in [0, 0.1) is 0 Å². The topological polar surface area (TPSA) is 66.4 Å². The zero-order valence-electron chi connectivity index (χ0n) is 6.42. The van der Waals surface area contributed by atoms with Crippen LogP contribution >= 0.6 is 11.6 Å². The van der Waals surface area contributed by atoms with Gasteiger partial charge in [0.1, 0.15) is 0 Å². The van der Waals surface area contributed by atoms with E-state index in [0.29, 0.717) is 19.3 Å². The Morgan fingerprint density at radius 2 is 2.42 bits per heavy atom. The molecule has 12 heavy (non-hydrogen) atoms. The molecule has 2 unspecified atom stereocenters. The molecule has 1 rings (SSSR count). The first-order valence-corrected chi connectivity index (χ1v) is 4.21. The summed E-state index contributed by atoms with van der Waals surface area (Å²) in [5.41, 5.74) is 0. The van der Waals surface area contributed by atoms with Crippen LogP contribution in [0.2, 0.25) is 0 Å². The summed E-state index contributed by atoms with van der Waals surface area (Å²) in [6.07, 6.45) is 1.83. The van der Waals surface area contributed by atoms with Crippen molar-refractivity contribution in [2.45, 2.75) is 30.7 Å². The van der Waals surface area contributed by atoms with E-state index in [2.05, 4.69) is 5.32 Å². The largest absolute Gasteiger partial charge is 0.480 e. The Morgan fingerprint density at radius 1 is 1.75 bits per heavy atom. The molecule has 68 valence electrons. The third-order valence-corrected chi connectivity index (χ3v) is 2.35. The number of alkyl halides is 1. The number of carboxylic acids is 1. The second kappa shape index (κ2) is 3.76. The molecule has 1 saturated heterocycles. The number of carbonyl (C=O) groups excluding carboxylic acids is 1. The van der Waals surface area contributed by atoms with Crippen molar-refractivity contribution < 1.29 is 14.7 Å². The number of hydrogen-bond donors (Lipinski definition) is 2. The summed E-state index contributed by atoms with van der Waals surface area (Å²) < 4.78 is 0. The Kier molecular flexibility index (Phi) is 2.92. The van der Waals surface area contributed by atoms with Gasteiger partial charge in [-0.15, -0.1) is 11.6 Å². The number of carboxylic acid groups (broad SMARTS) is 1. The average molecular weight is 192 g/mol. The van der Waals surface area contributed by atoms with Gasteiger partial charge >= 0.3 is 5.97 Å². The van der Waals surface area contributed by atoms with Crippen LogP contribution in [0.25, 0.3) is 0 Å². The maximum Gasteiger partial charge on any atom is 0.323 e. The van der Waals surface area contributed by atoms with Crippen LogP contribution in [-0.2, 0) is 9.59 Å². The maximum absolute atomic E-state index is 10.8. The Hall–Kier alpha value is -0.770. The molecular weight excluding hydrogens is 182 g/mol. The molecule has 1 amide bonds. The van der Waals surface area contributed by atoms with Crippen molar-refractivity contribution in [3.05, 3.63) is 0 Å². The predicted octanol–water partition coefficient (Wildman–Crippen LogP) is 0.347. The molecule has 5 heteroatoms. The van der Waals surface area contributed by atoms with Crippen LogP contribution < -0.4 is 5.32 Å². The molecule has 0 aliphatic carbocycles. The highest BCUT2D eigenvalue weighted by Gasteiger charge is 2.29. The predicted molar refractivity (Wildman–Crippen MR) is 43.1 cm³/mol. The molecule has 0 saturated carbocycles. The Balaban J connectivity index is 2.51. The molecule has 0 bridgehead atoms. The van der Waals surface area contributed by atoms with Gasteiger partial charge in [0.2, 0.25) is 5.91 Å². The molecule has 0 aromatic heterocycles. The Labute approximate surface area is 74.9 Å². The molecular formula is C7H10ClNO3. The first kappa shape index (κ1) is 9.32. The second-order valence-electron chi connectivity index (χ2n) is 2.81. The standard InChI is InChI=1S/C7H10ClNO3/c8-6(7(11)12)4-2-1-3-5(10)9-4/h4,6H,1-3H2,(H,9,10)(H,11,12). The van der Waals surface area contributed by atoms with Crippen LogP contribution in [0.5, 0.6) is 0 Å². The van der Waals surface area contributed by atoms with Crippen molar-refractivity contribution in [2.75, 3.05) is 0 Å². The SMILES string of the molecule is O=C1CCCC(C(Cl)C(=O)O)N1. The van der Waals surface area contributed by atoms with Crippen molar-refractivity contribution in [3.63, 3.8) is 0 Å². The fourth-order valence-electron chi connectivity index (χ4n) is 1.23. The number of aliphatic carboxylic acids is 1. The summed E-state index contributed by atoms with van der Waals surface area (Å²) in [4.78, 5) is 21.3. The summed E-state index contributed by atoms with van der Waals surface area (Å²) in [6, 6.07) is -0.412. The number of hydrogen-bond acceptors (Lipinski definition) is 2. The highest BCUT2D eigenvalue weighted by Crippen LogP contribution is 2.15. The van der Waals surface area contributed by atoms with Crippen LogP contribution in [0.3, 0.4) is 0 Å². The zero-order chi connectivity index (χ0) is 9.14. The molecule has 2 atom stereocenters. The van der Waals surface area contributed by atoms with E-state index >= 15 is 0 Å². The third kappa shape index (κ3) is 2.11. The molecule has 0 radical (unpaired) electrons. The van der Waals surface area contributed by atoms with Crippen molar-refractivity contribution in [1.82, 2.24) is 5.32 Å². The fraction of sp³-hybridized carbons (Fsp3) is 0.714. The van der Waals surface area contributed by atoms with Gasteiger partial charge < -0.3 is 10.4 Å². The molecule has 1 aliphatic heterocycles. The van der Waals surface area contributed by atoms with E-state index in [1.54, 1.807) is 0 Å². The maximum atomic E-state index is 10.8. The quantitative estimate of drug-likeness (QED) is 0.619. The molecule has 4 nitrogen and oxygen atoms in total. The van der Waals surface area contributed by atoms with Gasteiger partial charge in [-0.25, -0.2) is 0 Å². The van der Waals surface area contributed by atoms with Gasteiger partial charge in [-0.05, 0) is 12.8 Å². The fourth-order valence-corrected chi connectivity index (χ4v) is 1.41. The minimum Gasteiger partial charge on any atom is -0.480 e. The molecule has 1 heterocycles. The summed E-state index contributed by atoms with van der Waals surface area (Å²) in [7, 11) is 0.